The van der Waals surface area contributed by atoms with E-state index >= 15 is 0 Å². The van der Waals surface area contributed by atoms with Crippen LogP contribution in [0.15, 0.2) is 65.8 Å². The molecular weight excluding hydrogens is 357 g/mol. The summed E-state index contributed by atoms with van der Waals surface area (Å²) in [5, 5.41) is 15.5. The van der Waals surface area contributed by atoms with E-state index in [1.165, 1.54) is 24.4 Å². The molecule has 1 amide bonds. The highest BCUT2D eigenvalue weighted by Gasteiger charge is 2.30. The molecule has 0 aromatic heterocycles. The first-order valence-electron chi connectivity index (χ1n) is 8.03. The van der Waals surface area contributed by atoms with Gasteiger partial charge in [-0.3, -0.25) is 4.79 Å². The number of hydrogen-bond donors (Lipinski definition) is 2. The molecule has 7 heteroatoms. The Bertz CT molecular complexity index is 1010. The van der Waals surface area contributed by atoms with Crippen LogP contribution in [0.1, 0.15) is 16.7 Å². The van der Waals surface area contributed by atoms with E-state index in [4.69, 9.17) is 0 Å². The molecular formula is C20H15F3N2O2. The molecule has 0 bridgehead atoms. The molecule has 0 aliphatic carbocycles. The van der Waals surface area contributed by atoms with Crippen molar-refractivity contribution < 1.29 is 23.1 Å². The summed E-state index contributed by atoms with van der Waals surface area (Å²) in [5.74, 6) is -0.560. The van der Waals surface area contributed by atoms with E-state index in [-0.39, 0.29) is 17.7 Å². The van der Waals surface area contributed by atoms with Gasteiger partial charge >= 0.3 is 6.18 Å². The van der Waals surface area contributed by atoms with Gasteiger partial charge in [-0.25, -0.2) is 5.43 Å². The molecule has 0 aliphatic rings. The normalized spacial score (nSPS) is 11.8. The Morgan fingerprint density at radius 3 is 2.63 bits per heavy atom. The molecule has 4 nitrogen and oxygen atoms in total. The predicted octanol–water partition coefficient (Wildman–Crippen LogP) is 4.26. The average Bonchev–Trinajstić information content (AvgIpc) is 2.63. The zero-order valence-electron chi connectivity index (χ0n) is 14.0. The number of phenolic OH excluding ortho intramolecular Hbond substituents is 1. The van der Waals surface area contributed by atoms with Crippen molar-refractivity contribution in [2.45, 2.75) is 12.6 Å². The van der Waals surface area contributed by atoms with Gasteiger partial charge in [-0.2, -0.15) is 18.3 Å². The number of nitrogens with one attached hydrogen (secondary N) is 1. The fourth-order valence-electron chi connectivity index (χ4n) is 2.67. The number of halogens is 3. The van der Waals surface area contributed by atoms with Crippen LogP contribution in [0.4, 0.5) is 13.2 Å². The van der Waals surface area contributed by atoms with Crippen LogP contribution in [0.2, 0.25) is 0 Å². The molecule has 0 unspecified atom stereocenters. The summed E-state index contributed by atoms with van der Waals surface area (Å²) in [7, 11) is 0. The van der Waals surface area contributed by atoms with Gasteiger partial charge in [0.15, 0.2) is 0 Å². The predicted molar refractivity (Wildman–Crippen MR) is 96.5 cm³/mol. The lowest BCUT2D eigenvalue weighted by Gasteiger charge is -2.08. The molecule has 0 heterocycles. The summed E-state index contributed by atoms with van der Waals surface area (Å²) in [5.41, 5.74) is 2.12. The van der Waals surface area contributed by atoms with Gasteiger partial charge in [0.1, 0.15) is 5.75 Å². The Morgan fingerprint density at radius 2 is 1.85 bits per heavy atom. The van der Waals surface area contributed by atoms with E-state index in [2.05, 4.69) is 10.5 Å². The minimum absolute atomic E-state index is 0.00424. The third kappa shape index (κ3) is 4.44. The first-order chi connectivity index (χ1) is 12.8. The van der Waals surface area contributed by atoms with E-state index in [1.807, 2.05) is 18.2 Å². The number of carbonyl (C=O) groups excluding carboxylic acids is 1. The first kappa shape index (κ1) is 18.4. The smallest absolute Gasteiger partial charge is 0.416 e. The number of nitrogens with zero attached hydrogens (tertiary/aromatic N) is 1. The van der Waals surface area contributed by atoms with Crippen molar-refractivity contribution in [1.29, 1.82) is 0 Å². The van der Waals surface area contributed by atoms with Crippen molar-refractivity contribution in [2.75, 3.05) is 0 Å². The number of alkyl halides is 3. The number of rotatable bonds is 4. The molecule has 3 aromatic carbocycles. The third-order valence-electron chi connectivity index (χ3n) is 3.95. The van der Waals surface area contributed by atoms with Crippen LogP contribution in [0.3, 0.4) is 0 Å². The third-order valence-corrected chi connectivity index (χ3v) is 3.95. The largest absolute Gasteiger partial charge is 0.507 e. The van der Waals surface area contributed by atoms with Crippen molar-refractivity contribution >= 4 is 22.9 Å². The van der Waals surface area contributed by atoms with Crippen molar-refractivity contribution in [3.8, 4) is 5.75 Å². The number of carbonyl (C=O) groups is 1. The van der Waals surface area contributed by atoms with Crippen molar-refractivity contribution in [3.63, 3.8) is 0 Å². The summed E-state index contributed by atoms with van der Waals surface area (Å²) in [6, 6.07) is 15.2. The lowest BCUT2D eigenvalue weighted by atomic mass is 10.0. The van der Waals surface area contributed by atoms with Gasteiger partial charge in [-0.1, -0.05) is 48.5 Å². The summed E-state index contributed by atoms with van der Waals surface area (Å²) in [6.45, 7) is 0. The quantitative estimate of drug-likeness (QED) is 0.531. The van der Waals surface area contributed by atoms with Gasteiger partial charge in [0.25, 0.3) is 0 Å². The molecule has 27 heavy (non-hydrogen) atoms. The zero-order valence-corrected chi connectivity index (χ0v) is 14.0. The van der Waals surface area contributed by atoms with E-state index < -0.39 is 17.6 Å². The van der Waals surface area contributed by atoms with Gasteiger partial charge in [0.05, 0.1) is 18.2 Å². The number of aromatic hydroxyl groups is 1. The molecule has 0 atom stereocenters. The van der Waals surface area contributed by atoms with Crippen LogP contribution in [0, 0.1) is 0 Å². The van der Waals surface area contributed by atoms with Crippen LogP contribution in [0.25, 0.3) is 10.8 Å². The number of phenols is 1. The highest BCUT2D eigenvalue weighted by atomic mass is 19.4. The highest BCUT2D eigenvalue weighted by molar-refractivity contribution is 6.02. The number of amides is 1. The molecule has 3 aromatic rings. The van der Waals surface area contributed by atoms with Gasteiger partial charge in [-0.15, -0.1) is 0 Å². The van der Waals surface area contributed by atoms with Gasteiger partial charge in [0.2, 0.25) is 5.91 Å². The van der Waals surface area contributed by atoms with E-state index in [1.54, 1.807) is 12.1 Å². The zero-order chi connectivity index (χ0) is 19.4. The Kier molecular flexibility index (Phi) is 5.12. The summed E-state index contributed by atoms with van der Waals surface area (Å²) < 4.78 is 38.1. The molecule has 0 saturated heterocycles. The maximum Gasteiger partial charge on any atom is 0.416 e. The SMILES string of the molecule is O=C(Cc1cccc(C(F)(F)F)c1)N/N=C\c1c(O)ccc2ccccc12. The van der Waals surface area contributed by atoms with E-state index in [0.717, 1.165) is 22.9 Å². The Balaban J connectivity index is 1.71. The lowest BCUT2D eigenvalue weighted by Crippen LogP contribution is -2.20. The van der Waals surface area contributed by atoms with Crippen LogP contribution >= 0.6 is 0 Å². The van der Waals surface area contributed by atoms with Crippen LogP contribution in [0.5, 0.6) is 5.75 Å². The summed E-state index contributed by atoms with van der Waals surface area (Å²) in [6.07, 6.45) is -3.40. The monoisotopic (exact) mass is 372 g/mol. The van der Waals surface area contributed by atoms with Gasteiger partial charge < -0.3 is 5.11 Å². The maximum absolute atomic E-state index is 12.7. The van der Waals surface area contributed by atoms with E-state index in [9.17, 15) is 23.1 Å². The Labute approximate surface area is 152 Å². The Morgan fingerprint density at radius 1 is 1.07 bits per heavy atom. The molecule has 0 spiro atoms. The number of benzene rings is 3. The number of hydrogen-bond acceptors (Lipinski definition) is 3. The number of fused-ring (bicyclic) bond motifs is 1. The van der Waals surface area contributed by atoms with Crippen molar-refractivity contribution in [1.82, 2.24) is 5.43 Å². The van der Waals surface area contributed by atoms with Gasteiger partial charge in [-0.05, 0) is 28.5 Å². The summed E-state index contributed by atoms with van der Waals surface area (Å²) in [4.78, 5) is 11.9. The highest BCUT2D eigenvalue weighted by Crippen LogP contribution is 2.29. The standard InChI is InChI=1S/C20H15F3N2O2/c21-20(22,23)15-6-3-4-13(10-15)11-19(27)25-24-12-17-16-7-2-1-5-14(16)8-9-18(17)26/h1-10,12,26H,11H2,(H,25,27)/b24-12-. The summed E-state index contributed by atoms with van der Waals surface area (Å²) >= 11 is 0. The first-order valence-corrected chi connectivity index (χ1v) is 8.03. The van der Waals surface area contributed by atoms with Crippen LogP contribution in [-0.4, -0.2) is 17.2 Å². The molecule has 138 valence electrons. The van der Waals surface area contributed by atoms with Gasteiger partial charge in [0, 0.05) is 5.56 Å². The number of hydrazone groups is 1. The molecule has 0 radical (unpaired) electrons. The molecule has 0 fully saturated rings. The lowest BCUT2D eigenvalue weighted by molar-refractivity contribution is -0.137. The average molecular weight is 372 g/mol. The topological polar surface area (TPSA) is 61.7 Å². The van der Waals surface area contributed by atoms with Crippen molar-refractivity contribution in [3.05, 3.63) is 77.4 Å². The van der Waals surface area contributed by atoms with Crippen LogP contribution in [-0.2, 0) is 17.4 Å². The minimum Gasteiger partial charge on any atom is -0.507 e. The van der Waals surface area contributed by atoms with Crippen LogP contribution < -0.4 is 5.43 Å². The van der Waals surface area contributed by atoms with E-state index in [0.29, 0.717) is 5.56 Å². The second-order valence-electron chi connectivity index (χ2n) is 5.89. The molecule has 0 saturated carbocycles. The second kappa shape index (κ2) is 7.49. The molecule has 2 N–H and O–H groups in total. The fraction of sp³-hybridized carbons (Fsp3) is 0.100. The minimum atomic E-state index is -4.46. The maximum atomic E-state index is 12.7. The molecule has 3 rings (SSSR count). The van der Waals surface area contributed by atoms with Crippen molar-refractivity contribution in [2.24, 2.45) is 5.10 Å². The molecule has 0 aliphatic heterocycles. The fourth-order valence-corrected chi connectivity index (χ4v) is 2.67. The Hall–Kier alpha value is -3.35. The second-order valence-corrected chi connectivity index (χ2v) is 5.89.